The number of amides is 1. The molecule has 0 aromatic heterocycles. The van der Waals surface area contributed by atoms with E-state index in [1.165, 1.54) is 27.8 Å². The molecule has 1 N–H and O–H groups in total. The Kier molecular flexibility index (Phi) is 7.81. The van der Waals surface area contributed by atoms with Crippen LogP contribution in [0.1, 0.15) is 47.2 Å². The zero-order chi connectivity index (χ0) is 23.9. The summed E-state index contributed by atoms with van der Waals surface area (Å²) in [5.41, 5.74) is 6.46. The topological polar surface area (TPSA) is 41.6 Å². The molecule has 1 amide bonds. The molecule has 0 unspecified atom stereocenters. The van der Waals surface area contributed by atoms with Gasteiger partial charge in [0.25, 0.3) is 5.91 Å². The van der Waals surface area contributed by atoms with E-state index in [0.29, 0.717) is 13.0 Å². The normalized spacial score (nSPS) is 16.4. The smallest absolute Gasteiger partial charge is 0.261 e. The molecule has 0 aliphatic carbocycles. The molecular weight excluding hydrogens is 420 g/mol. The highest BCUT2D eigenvalue weighted by Gasteiger charge is 2.29. The number of ether oxygens (including phenoxy) is 1. The van der Waals surface area contributed by atoms with E-state index < -0.39 is 6.10 Å². The molecule has 0 saturated heterocycles. The lowest BCUT2D eigenvalue weighted by molar-refractivity contribution is -0.127. The van der Waals surface area contributed by atoms with E-state index in [4.69, 9.17) is 4.74 Å². The summed E-state index contributed by atoms with van der Waals surface area (Å²) in [6.45, 7) is 10.1. The van der Waals surface area contributed by atoms with Gasteiger partial charge in [-0.1, -0.05) is 79.2 Å². The van der Waals surface area contributed by atoms with Crippen molar-refractivity contribution >= 4 is 5.91 Å². The van der Waals surface area contributed by atoms with Crippen LogP contribution in [-0.4, -0.2) is 30.0 Å². The molecule has 0 saturated carbocycles. The zero-order valence-electron chi connectivity index (χ0n) is 20.2. The monoisotopic (exact) mass is 454 g/mol. The molecule has 0 bridgehead atoms. The van der Waals surface area contributed by atoms with Crippen LogP contribution in [0.2, 0.25) is 0 Å². The lowest BCUT2D eigenvalue weighted by Gasteiger charge is -2.38. The highest BCUT2D eigenvalue weighted by molar-refractivity contribution is 5.81. The Hall–Kier alpha value is -3.37. The Bertz CT molecular complexity index is 1130. The molecule has 1 aliphatic rings. The molecule has 2 atom stereocenters. The van der Waals surface area contributed by atoms with E-state index in [2.05, 4.69) is 90.4 Å². The Labute approximate surface area is 203 Å². The number of rotatable bonds is 9. The van der Waals surface area contributed by atoms with Gasteiger partial charge < -0.3 is 10.1 Å². The van der Waals surface area contributed by atoms with Gasteiger partial charge in [-0.05, 0) is 54.2 Å². The second kappa shape index (κ2) is 11.2. The minimum atomic E-state index is -0.528. The van der Waals surface area contributed by atoms with Crippen LogP contribution < -0.4 is 10.1 Å². The summed E-state index contributed by atoms with van der Waals surface area (Å²) in [6, 6.07) is 25.9. The number of nitrogens with zero attached hydrogens (tertiary/aromatic N) is 1. The fraction of sp³-hybridized carbons (Fsp3) is 0.300. The van der Waals surface area contributed by atoms with Gasteiger partial charge in [0, 0.05) is 19.6 Å². The number of hydrogen-bond acceptors (Lipinski definition) is 3. The molecule has 0 spiro atoms. The minimum Gasteiger partial charge on any atom is -0.481 e. The summed E-state index contributed by atoms with van der Waals surface area (Å²) in [5.74, 6) is 0.624. The first-order valence-electron chi connectivity index (χ1n) is 12.1. The molecule has 4 rings (SSSR count). The summed E-state index contributed by atoms with van der Waals surface area (Å²) >= 11 is 0. The van der Waals surface area contributed by atoms with Crippen molar-refractivity contribution in [3.8, 4) is 5.75 Å². The largest absolute Gasteiger partial charge is 0.481 e. The Morgan fingerprint density at radius 1 is 1.15 bits per heavy atom. The van der Waals surface area contributed by atoms with Gasteiger partial charge in [-0.25, -0.2) is 0 Å². The molecule has 176 valence electrons. The van der Waals surface area contributed by atoms with Crippen molar-refractivity contribution in [1.29, 1.82) is 0 Å². The maximum absolute atomic E-state index is 12.5. The number of fused-ring (bicyclic) bond motifs is 1. The standard InChI is InChI=1S/C30H34N2O2/c1-4-17-31-30(33)28(5-2)34-26-15-14-24-16-18-32(21-23-11-9-10-22(3)19-23)29(27(24)20-26)25-12-7-6-8-13-25/h4,6-15,19-20,28-29H,1,5,16-18,21H2,2-3H3,(H,31,33)/t28-,29-/m0/s1. The van der Waals surface area contributed by atoms with E-state index in [9.17, 15) is 4.79 Å². The molecule has 34 heavy (non-hydrogen) atoms. The van der Waals surface area contributed by atoms with E-state index in [-0.39, 0.29) is 11.9 Å². The van der Waals surface area contributed by atoms with E-state index >= 15 is 0 Å². The third-order valence-electron chi connectivity index (χ3n) is 6.39. The van der Waals surface area contributed by atoms with E-state index in [1.807, 2.05) is 13.0 Å². The summed E-state index contributed by atoms with van der Waals surface area (Å²) in [4.78, 5) is 15.0. The average Bonchev–Trinajstić information content (AvgIpc) is 2.86. The maximum Gasteiger partial charge on any atom is 0.261 e. The third kappa shape index (κ3) is 5.57. The van der Waals surface area contributed by atoms with Crippen LogP contribution in [0.25, 0.3) is 0 Å². The van der Waals surface area contributed by atoms with Gasteiger partial charge in [-0.2, -0.15) is 0 Å². The van der Waals surface area contributed by atoms with Crippen molar-refractivity contribution in [2.75, 3.05) is 13.1 Å². The highest BCUT2D eigenvalue weighted by atomic mass is 16.5. The summed E-state index contributed by atoms with van der Waals surface area (Å²) in [6.07, 6.45) is 2.74. The number of aryl methyl sites for hydroxylation is 1. The van der Waals surface area contributed by atoms with Crippen molar-refractivity contribution in [3.05, 3.63) is 113 Å². The number of benzene rings is 3. The van der Waals surface area contributed by atoms with Crippen LogP contribution >= 0.6 is 0 Å². The first kappa shape index (κ1) is 23.8. The van der Waals surface area contributed by atoms with Crippen molar-refractivity contribution in [2.45, 2.75) is 45.4 Å². The summed E-state index contributed by atoms with van der Waals surface area (Å²) < 4.78 is 6.18. The average molecular weight is 455 g/mol. The summed E-state index contributed by atoms with van der Waals surface area (Å²) in [7, 11) is 0. The van der Waals surface area contributed by atoms with Crippen LogP contribution in [0.4, 0.5) is 0 Å². The van der Waals surface area contributed by atoms with Crippen LogP contribution in [0.15, 0.2) is 85.5 Å². The molecule has 1 aliphatic heterocycles. The Morgan fingerprint density at radius 2 is 1.97 bits per heavy atom. The first-order valence-corrected chi connectivity index (χ1v) is 12.1. The quantitative estimate of drug-likeness (QED) is 0.428. The molecular formula is C30H34N2O2. The fourth-order valence-corrected chi connectivity index (χ4v) is 4.73. The Balaban J connectivity index is 1.65. The number of nitrogens with one attached hydrogen (secondary N) is 1. The number of hydrogen-bond donors (Lipinski definition) is 1. The van der Waals surface area contributed by atoms with Gasteiger partial charge in [0.05, 0.1) is 6.04 Å². The van der Waals surface area contributed by atoms with Gasteiger partial charge in [-0.15, -0.1) is 6.58 Å². The number of carbonyl (C=O) groups excluding carboxylic acids is 1. The van der Waals surface area contributed by atoms with Gasteiger partial charge >= 0.3 is 0 Å². The lowest BCUT2D eigenvalue weighted by Crippen LogP contribution is -2.38. The predicted molar refractivity (Wildman–Crippen MR) is 138 cm³/mol. The van der Waals surface area contributed by atoms with Crippen molar-refractivity contribution in [3.63, 3.8) is 0 Å². The SMILES string of the molecule is C=CCNC(=O)[C@H](CC)Oc1ccc2c(c1)[C@H](c1ccccc1)N(Cc1cccc(C)c1)CC2. The summed E-state index contributed by atoms with van der Waals surface area (Å²) in [5, 5.41) is 2.85. The second-order valence-corrected chi connectivity index (χ2v) is 8.93. The second-order valence-electron chi connectivity index (χ2n) is 8.93. The van der Waals surface area contributed by atoms with Crippen molar-refractivity contribution in [1.82, 2.24) is 10.2 Å². The van der Waals surface area contributed by atoms with Crippen LogP contribution in [0.5, 0.6) is 5.75 Å². The maximum atomic E-state index is 12.5. The van der Waals surface area contributed by atoms with Gasteiger partial charge in [-0.3, -0.25) is 9.69 Å². The highest BCUT2D eigenvalue weighted by Crippen LogP contribution is 2.38. The predicted octanol–water partition coefficient (Wildman–Crippen LogP) is 5.60. The number of carbonyl (C=O) groups is 1. The van der Waals surface area contributed by atoms with Crippen LogP contribution in [0.3, 0.4) is 0 Å². The van der Waals surface area contributed by atoms with Crippen molar-refractivity contribution < 1.29 is 9.53 Å². The van der Waals surface area contributed by atoms with E-state index in [0.717, 1.165) is 25.3 Å². The fourth-order valence-electron chi connectivity index (χ4n) is 4.73. The van der Waals surface area contributed by atoms with Crippen LogP contribution in [0, 0.1) is 6.92 Å². The van der Waals surface area contributed by atoms with Gasteiger partial charge in [0.2, 0.25) is 0 Å². The van der Waals surface area contributed by atoms with Crippen LogP contribution in [-0.2, 0) is 17.8 Å². The molecule has 0 radical (unpaired) electrons. The molecule has 3 aromatic rings. The first-order chi connectivity index (χ1) is 16.6. The third-order valence-corrected chi connectivity index (χ3v) is 6.39. The molecule has 4 nitrogen and oxygen atoms in total. The minimum absolute atomic E-state index is 0.110. The molecule has 3 aromatic carbocycles. The zero-order valence-corrected chi connectivity index (χ0v) is 20.2. The lowest BCUT2D eigenvalue weighted by atomic mass is 9.87. The molecule has 4 heteroatoms. The van der Waals surface area contributed by atoms with Gasteiger partial charge in [0.1, 0.15) is 5.75 Å². The van der Waals surface area contributed by atoms with Gasteiger partial charge in [0.15, 0.2) is 6.10 Å². The van der Waals surface area contributed by atoms with E-state index in [1.54, 1.807) is 6.08 Å². The molecule has 1 heterocycles. The molecule has 0 fully saturated rings. The van der Waals surface area contributed by atoms with Crippen molar-refractivity contribution in [2.24, 2.45) is 0 Å². The Morgan fingerprint density at radius 3 is 2.71 bits per heavy atom.